The second-order valence-electron chi connectivity index (χ2n) is 9.22. The Labute approximate surface area is 246 Å². The van der Waals surface area contributed by atoms with Gasteiger partial charge < -0.3 is 19.1 Å². The number of allylic oxidation sites excluding steroid dienone is 1. The molecule has 1 aromatic heterocycles. The first-order valence-corrected chi connectivity index (χ1v) is 14.1. The summed E-state index contributed by atoms with van der Waals surface area (Å²) in [6.45, 7) is 10.3. The quantitative estimate of drug-likeness (QED) is 0.189. The number of thiazole rings is 1. The van der Waals surface area contributed by atoms with Gasteiger partial charge in [0, 0.05) is 30.3 Å². The number of nitro benzene ring substituents is 1. The van der Waals surface area contributed by atoms with Crippen LogP contribution < -0.4 is 29.1 Å². The Bertz CT molecular complexity index is 1750. The topological polar surface area (TPSA) is 126 Å². The maximum Gasteiger partial charge on any atom is 0.274 e. The van der Waals surface area contributed by atoms with Crippen molar-refractivity contribution in [2.75, 3.05) is 33.9 Å². The Hall–Kier alpha value is -4.71. The van der Waals surface area contributed by atoms with E-state index in [2.05, 4.69) is 11.6 Å². The van der Waals surface area contributed by atoms with Crippen molar-refractivity contribution in [2.24, 2.45) is 4.99 Å². The third-order valence-corrected chi connectivity index (χ3v) is 7.85. The van der Waals surface area contributed by atoms with Crippen molar-refractivity contribution >= 4 is 29.0 Å². The molecule has 0 fully saturated rings. The fourth-order valence-corrected chi connectivity index (χ4v) is 5.91. The van der Waals surface area contributed by atoms with Gasteiger partial charge in [0.25, 0.3) is 17.2 Å². The van der Waals surface area contributed by atoms with Gasteiger partial charge in [-0.1, -0.05) is 42.2 Å². The number of methoxy groups -OCH3 is 2. The van der Waals surface area contributed by atoms with Crippen LogP contribution >= 0.6 is 11.3 Å². The molecule has 0 N–H and O–H groups in total. The van der Waals surface area contributed by atoms with Crippen molar-refractivity contribution in [1.82, 2.24) is 9.47 Å². The lowest BCUT2D eigenvalue weighted by Gasteiger charge is -2.29. The molecular weight excluding hydrogens is 560 g/mol. The zero-order valence-electron chi connectivity index (χ0n) is 24.1. The van der Waals surface area contributed by atoms with Crippen molar-refractivity contribution < 1.29 is 23.9 Å². The summed E-state index contributed by atoms with van der Waals surface area (Å²) in [5.74, 6) is 0.652. The maximum absolute atomic E-state index is 14.2. The Kier molecular flexibility index (Phi) is 9.26. The highest BCUT2D eigenvalue weighted by Gasteiger charge is 2.35. The number of hydrogen-bond acceptors (Lipinski definition) is 9. The van der Waals surface area contributed by atoms with E-state index >= 15 is 0 Å². The lowest BCUT2D eigenvalue weighted by atomic mass is 9.94. The lowest BCUT2D eigenvalue weighted by molar-refractivity contribution is -0.385. The Morgan fingerprint density at radius 2 is 1.88 bits per heavy atom. The molecule has 11 nitrogen and oxygen atoms in total. The molecule has 0 saturated carbocycles. The largest absolute Gasteiger partial charge is 0.496 e. The molecule has 0 spiro atoms. The van der Waals surface area contributed by atoms with Crippen LogP contribution in [0, 0.1) is 10.1 Å². The number of likely N-dealkylation sites (N-methyl/N-ethyl adjacent to an activating group) is 1. The number of non-ortho nitro benzene ring substituents is 1. The number of rotatable bonds is 11. The number of hydrogen-bond donors (Lipinski definition) is 0. The summed E-state index contributed by atoms with van der Waals surface area (Å²) in [6.07, 6.45) is 3.05. The second-order valence-corrected chi connectivity index (χ2v) is 10.2. The molecule has 4 rings (SSSR count). The summed E-state index contributed by atoms with van der Waals surface area (Å²) < 4.78 is 18.5. The number of nitro groups is 1. The molecule has 2 aromatic carbocycles. The molecule has 0 radical (unpaired) electrons. The summed E-state index contributed by atoms with van der Waals surface area (Å²) in [5.41, 5.74) is 1.11. The maximum atomic E-state index is 14.2. The van der Waals surface area contributed by atoms with Gasteiger partial charge in [-0.2, -0.15) is 0 Å². The first-order valence-electron chi connectivity index (χ1n) is 13.2. The molecular formula is C30H32N4O7S. The molecule has 0 bridgehead atoms. The minimum atomic E-state index is -0.816. The van der Waals surface area contributed by atoms with E-state index in [0.29, 0.717) is 40.5 Å². The number of fused-ring (bicyclic) bond motifs is 1. The minimum absolute atomic E-state index is 0.111. The Morgan fingerprint density at radius 1 is 1.19 bits per heavy atom. The van der Waals surface area contributed by atoms with Crippen LogP contribution in [0.4, 0.5) is 5.69 Å². The van der Waals surface area contributed by atoms with Crippen LogP contribution in [0.15, 0.2) is 70.1 Å². The molecule has 3 aromatic rings. The van der Waals surface area contributed by atoms with E-state index in [9.17, 15) is 19.7 Å². The number of carbonyl (C=O) groups is 1. The number of carbonyl (C=O) groups excluding carboxylic acids is 1. The molecule has 1 amide bonds. The highest BCUT2D eigenvalue weighted by Crippen LogP contribution is 2.37. The number of nitrogens with zero attached hydrogens (tertiary/aromatic N) is 4. The molecule has 12 heteroatoms. The van der Waals surface area contributed by atoms with Crippen LogP contribution in [0.25, 0.3) is 6.08 Å². The predicted molar refractivity (Wildman–Crippen MR) is 160 cm³/mol. The standard InChI is InChI=1S/C30H32N4O7S/c1-7-14-41-27-19(15-20(34(37)38)17-23(27)40-6)16-24-28(35)33-26(21-12-10-11-13-22(21)39-5)25(18(4)31-30(33)42-24)29(36)32(8-2)9-3/h7,10-13,15-17,26H,1,8-9,14H2,2-6H3/b24-16-/t26-/m1/s1. The van der Waals surface area contributed by atoms with Crippen molar-refractivity contribution in [1.29, 1.82) is 0 Å². The van der Waals surface area contributed by atoms with Crippen LogP contribution in [0.5, 0.6) is 17.2 Å². The summed E-state index contributed by atoms with van der Waals surface area (Å²) >= 11 is 1.11. The van der Waals surface area contributed by atoms with Gasteiger partial charge >= 0.3 is 0 Å². The molecule has 1 atom stereocenters. The van der Waals surface area contributed by atoms with Crippen LogP contribution in [-0.4, -0.2) is 54.2 Å². The van der Waals surface area contributed by atoms with E-state index < -0.39 is 16.5 Å². The number of benzene rings is 2. The number of para-hydroxylation sites is 1. The highest BCUT2D eigenvalue weighted by molar-refractivity contribution is 7.07. The molecule has 0 saturated heterocycles. The monoisotopic (exact) mass is 592 g/mol. The number of aromatic nitrogens is 1. The van der Waals surface area contributed by atoms with E-state index in [-0.39, 0.29) is 39.8 Å². The summed E-state index contributed by atoms with van der Waals surface area (Å²) in [4.78, 5) is 45.9. The first kappa shape index (κ1) is 30.3. The number of amides is 1. The van der Waals surface area contributed by atoms with E-state index in [4.69, 9.17) is 14.2 Å². The highest BCUT2D eigenvalue weighted by atomic mass is 32.1. The molecule has 42 heavy (non-hydrogen) atoms. The third kappa shape index (κ3) is 5.57. The van der Waals surface area contributed by atoms with Gasteiger partial charge in [0.1, 0.15) is 18.4 Å². The van der Waals surface area contributed by atoms with Gasteiger partial charge in [-0.3, -0.25) is 24.3 Å². The average Bonchev–Trinajstić information content (AvgIpc) is 3.29. The van der Waals surface area contributed by atoms with Gasteiger partial charge in [-0.25, -0.2) is 4.99 Å². The minimum Gasteiger partial charge on any atom is -0.496 e. The van der Waals surface area contributed by atoms with Crippen molar-refractivity contribution in [3.05, 3.63) is 101 Å². The van der Waals surface area contributed by atoms with Crippen molar-refractivity contribution in [3.8, 4) is 17.2 Å². The van der Waals surface area contributed by atoms with Crippen LogP contribution in [0.3, 0.4) is 0 Å². The van der Waals surface area contributed by atoms with E-state index in [1.54, 1.807) is 17.9 Å². The SMILES string of the molecule is C=CCOc1c(/C=c2\sc3n(c2=O)[C@H](c2ccccc2OC)C(C(=O)N(CC)CC)=C(C)N=3)cc([N+](=O)[O-])cc1OC. The Balaban J connectivity index is 2.04. The van der Waals surface area contributed by atoms with Crippen LogP contribution in [0.1, 0.15) is 37.9 Å². The lowest BCUT2D eigenvalue weighted by Crippen LogP contribution is -2.43. The summed E-state index contributed by atoms with van der Waals surface area (Å²) in [7, 11) is 2.91. The number of ether oxygens (including phenoxy) is 3. The molecule has 0 unspecified atom stereocenters. The van der Waals surface area contributed by atoms with Crippen LogP contribution in [-0.2, 0) is 4.79 Å². The van der Waals surface area contributed by atoms with Crippen LogP contribution in [0.2, 0.25) is 0 Å². The predicted octanol–water partition coefficient (Wildman–Crippen LogP) is 3.59. The van der Waals surface area contributed by atoms with Gasteiger partial charge in [0.15, 0.2) is 16.3 Å². The molecule has 2 heterocycles. The van der Waals surface area contributed by atoms with Gasteiger partial charge in [0.05, 0.1) is 41.0 Å². The third-order valence-electron chi connectivity index (χ3n) is 6.87. The summed E-state index contributed by atoms with van der Waals surface area (Å²) in [5, 5.41) is 11.7. The van der Waals surface area contributed by atoms with E-state index in [1.807, 2.05) is 32.0 Å². The second kappa shape index (κ2) is 12.9. The van der Waals surface area contributed by atoms with Gasteiger partial charge in [-0.05, 0) is 32.9 Å². The van der Waals surface area contributed by atoms with E-state index in [1.165, 1.54) is 43.1 Å². The van der Waals surface area contributed by atoms with E-state index in [0.717, 1.165) is 11.3 Å². The molecule has 1 aliphatic rings. The fourth-order valence-electron chi connectivity index (χ4n) is 4.87. The zero-order chi connectivity index (χ0) is 30.6. The van der Waals surface area contributed by atoms with Crippen molar-refractivity contribution in [3.63, 3.8) is 0 Å². The Morgan fingerprint density at radius 3 is 2.50 bits per heavy atom. The normalized spacial score (nSPS) is 14.6. The fraction of sp³-hybridized carbons (Fsp3) is 0.300. The zero-order valence-corrected chi connectivity index (χ0v) is 24.9. The van der Waals surface area contributed by atoms with Gasteiger partial charge in [-0.15, -0.1) is 0 Å². The molecule has 220 valence electrons. The average molecular weight is 593 g/mol. The van der Waals surface area contributed by atoms with Gasteiger partial charge in [0.2, 0.25) is 0 Å². The smallest absolute Gasteiger partial charge is 0.274 e. The molecule has 1 aliphatic heterocycles. The van der Waals surface area contributed by atoms with Crippen molar-refractivity contribution in [2.45, 2.75) is 26.8 Å². The molecule has 0 aliphatic carbocycles. The summed E-state index contributed by atoms with van der Waals surface area (Å²) in [6, 6.07) is 8.99. The first-order chi connectivity index (χ1) is 20.2.